The fourth-order valence-electron chi connectivity index (χ4n) is 8.38. The van der Waals surface area contributed by atoms with Crippen molar-refractivity contribution in [2.75, 3.05) is 0 Å². The Hall–Kier alpha value is -0.930. The van der Waals surface area contributed by atoms with Crippen LogP contribution in [0.25, 0.3) is 0 Å². The fraction of sp³-hybridized carbons (Fsp3) is 0.972. The lowest BCUT2D eigenvalue weighted by Crippen LogP contribution is -2.60. The van der Waals surface area contributed by atoms with Crippen LogP contribution in [-0.2, 0) is 28.5 Å². The van der Waals surface area contributed by atoms with E-state index in [0.717, 1.165) is 0 Å². The number of rotatable bonds is 5. The number of carbonyl (C=O) groups excluding carboxylic acids is 1. The minimum Gasteiger partial charge on any atom is -0.459 e. The van der Waals surface area contributed by atoms with E-state index in [1.54, 1.807) is 48.5 Å². The molecule has 0 aliphatic carbocycles. The van der Waals surface area contributed by atoms with E-state index in [4.69, 9.17) is 23.7 Å². The molecule has 12 heteroatoms. The van der Waals surface area contributed by atoms with Gasteiger partial charge in [0, 0.05) is 18.3 Å². The number of esters is 1. The smallest absolute Gasteiger partial charge is 0.311 e. The molecule has 3 saturated heterocycles. The zero-order chi connectivity index (χ0) is 36.7. The van der Waals surface area contributed by atoms with Crippen LogP contribution in [0.5, 0.6) is 0 Å². The van der Waals surface area contributed by atoms with Crippen molar-refractivity contribution in [2.24, 2.45) is 35.0 Å². The van der Waals surface area contributed by atoms with Gasteiger partial charge in [-0.1, -0.05) is 48.5 Å². The zero-order valence-corrected chi connectivity index (χ0v) is 31.2. The van der Waals surface area contributed by atoms with E-state index in [9.17, 15) is 35.4 Å². The average molecular weight is 691 g/mol. The molecule has 18 atom stereocenters. The number of cyclic esters (lactones) is 1. The molecule has 3 aliphatic rings. The van der Waals surface area contributed by atoms with Gasteiger partial charge in [0.05, 0.1) is 54.2 Å². The molecule has 0 spiro atoms. The first-order valence-corrected chi connectivity index (χ1v) is 17.9. The molecule has 0 amide bonds. The molecule has 0 saturated carbocycles. The van der Waals surface area contributed by atoms with Crippen molar-refractivity contribution in [3.63, 3.8) is 0 Å². The molecule has 282 valence electrons. The molecule has 0 bridgehead atoms. The predicted octanol–water partition coefficient (Wildman–Crippen LogP) is 2.90. The van der Waals surface area contributed by atoms with E-state index in [2.05, 4.69) is 0 Å². The quantitative estimate of drug-likeness (QED) is 0.232. The summed E-state index contributed by atoms with van der Waals surface area (Å²) in [7, 11) is 0. The highest BCUT2D eigenvalue weighted by molar-refractivity contribution is 5.73. The minimum absolute atomic E-state index is 0.00472. The molecule has 48 heavy (non-hydrogen) atoms. The summed E-state index contributed by atoms with van der Waals surface area (Å²) in [6.07, 6.45) is -9.20. The minimum atomic E-state index is -1.91. The van der Waals surface area contributed by atoms with Crippen LogP contribution in [0.2, 0.25) is 0 Å². The van der Waals surface area contributed by atoms with Gasteiger partial charge < -0.3 is 54.3 Å². The fourth-order valence-corrected chi connectivity index (χ4v) is 8.38. The van der Waals surface area contributed by atoms with Crippen molar-refractivity contribution in [3.05, 3.63) is 0 Å². The Kier molecular flexibility index (Phi) is 13.6. The molecule has 3 heterocycles. The van der Waals surface area contributed by atoms with Gasteiger partial charge in [0.2, 0.25) is 0 Å². The Balaban J connectivity index is 2.15. The maximum Gasteiger partial charge on any atom is 0.311 e. The Morgan fingerprint density at radius 1 is 0.792 bits per heavy atom. The van der Waals surface area contributed by atoms with Gasteiger partial charge in [-0.3, -0.25) is 4.79 Å². The van der Waals surface area contributed by atoms with Gasteiger partial charge in [0.1, 0.15) is 17.8 Å². The lowest BCUT2D eigenvalue weighted by molar-refractivity contribution is -0.313. The Morgan fingerprint density at radius 3 is 1.96 bits per heavy atom. The summed E-state index contributed by atoms with van der Waals surface area (Å²) in [5.41, 5.74) is -4.17. The normalized spacial score (nSPS) is 51.5. The highest BCUT2D eigenvalue weighted by Gasteiger charge is 2.52. The molecule has 0 aromatic carbocycles. The van der Waals surface area contributed by atoms with Crippen LogP contribution in [0.1, 0.15) is 109 Å². The van der Waals surface area contributed by atoms with Crippen LogP contribution in [0.4, 0.5) is 0 Å². The second kappa shape index (κ2) is 15.8. The van der Waals surface area contributed by atoms with Crippen molar-refractivity contribution in [3.8, 4) is 0 Å². The highest BCUT2D eigenvalue weighted by Crippen LogP contribution is 2.42. The highest BCUT2D eigenvalue weighted by atomic mass is 16.7. The first-order chi connectivity index (χ1) is 22.0. The third-order valence-electron chi connectivity index (χ3n) is 11.5. The lowest BCUT2D eigenvalue weighted by atomic mass is 9.73. The van der Waals surface area contributed by atoms with Crippen LogP contribution >= 0.6 is 0 Å². The number of ether oxygens (including phenoxy) is 5. The SMILES string of the molecule is CC[C@H]1OC(=O)[C@H](C)[C@@H](OC2CC(C)(C)[C@@H](O)[C@H](C)O2)[C@H](C)[C@@H](OC2O[C@H](C)C[C@H](C)[C@H]2O)[C@@](C)(O)C[C@@H](C)[C@H](O)[C@H](C)[C@@H](O)[C@]1(C)O. The summed E-state index contributed by atoms with van der Waals surface area (Å²) in [4.78, 5) is 14.0. The largest absolute Gasteiger partial charge is 0.459 e. The van der Waals surface area contributed by atoms with Crippen molar-refractivity contribution < 1.29 is 59.1 Å². The summed E-state index contributed by atoms with van der Waals surface area (Å²) in [5, 5.41) is 68.6. The molecule has 3 rings (SSSR count). The van der Waals surface area contributed by atoms with Gasteiger partial charge in [-0.25, -0.2) is 0 Å². The standard InChI is InChI=1S/C36H66O12/c1-13-24-36(12,43)29(39)20(5)26(37)18(3)15-35(11,42)31(48-33-27(38)17(2)14-19(4)44-33)21(6)28(22(7)32(41)46-24)47-25-16-34(9,10)30(40)23(8)45-25/h17-31,33,37-40,42-43H,13-16H2,1-12H3/t17-,18+,19+,20-,21-,22+,23-,24+,25?,26-,27+,28-,29+,30-,31+,33?,35-,36+/m0/s1. The van der Waals surface area contributed by atoms with Gasteiger partial charge in [-0.15, -0.1) is 0 Å². The first-order valence-electron chi connectivity index (χ1n) is 17.9. The lowest BCUT2D eigenvalue weighted by Gasteiger charge is -2.49. The molecule has 3 aliphatic heterocycles. The number of aliphatic hydroxyl groups is 6. The van der Waals surface area contributed by atoms with Crippen molar-refractivity contribution in [1.82, 2.24) is 0 Å². The second-order valence-electron chi connectivity index (χ2n) is 16.6. The number of hydrogen-bond donors (Lipinski definition) is 6. The molecule has 2 unspecified atom stereocenters. The molecule has 0 aromatic heterocycles. The molecule has 0 aromatic rings. The van der Waals surface area contributed by atoms with Crippen molar-refractivity contribution >= 4 is 5.97 Å². The summed E-state index contributed by atoms with van der Waals surface area (Å²) in [5.74, 6) is -4.05. The van der Waals surface area contributed by atoms with Crippen molar-refractivity contribution in [2.45, 2.75) is 187 Å². The Labute approximate surface area is 287 Å². The van der Waals surface area contributed by atoms with Gasteiger partial charge in [-0.05, 0) is 71.1 Å². The molecule has 0 radical (unpaired) electrons. The van der Waals surface area contributed by atoms with Crippen LogP contribution in [-0.4, -0.2) is 115 Å². The first kappa shape index (κ1) is 41.5. The number of aliphatic hydroxyl groups excluding tert-OH is 4. The van der Waals surface area contributed by atoms with E-state index in [1.807, 2.05) is 27.7 Å². The van der Waals surface area contributed by atoms with E-state index in [-0.39, 0.29) is 24.9 Å². The maximum absolute atomic E-state index is 14.0. The topological polar surface area (TPSA) is 185 Å². The monoisotopic (exact) mass is 690 g/mol. The van der Waals surface area contributed by atoms with E-state index in [0.29, 0.717) is 12.8 Å². The Bertz CT molecular complexity index is 1050. The van der Waals surface area contributed by atoms with Crippen LogP contribution in [0, 0.1) is 35.0 Å². The maximum atomic E-state index is 14.0. The Morgan fingerprint density at radius 2 is 1.40 bits per heavy atom. The summed E-state index contributed by atoms with van der Waals surface area (Å²) < 4.78 is 31.3. The van der Waals surface area contributed by atoms with Crippen LogP contribution < -0.4 is 0 Å². The van der Waals surface area contributed by atoms with Gasteiger partial charge in [-0.2, -0.15) is 0 Å². The average Bonchev–Trinajstić information content (AvgIpc) is 2.99. The van der Waals surface area contributed by atoms with E-state index < -0.39 is 108 Å². The third-order valence-corrected chi connectivity index (χ3v) is 11.5. The summed E-state index contributed by atoms with van der Waals surface area (Å²) in [6, 6.07) is 0. The summed E-state index contributed by atoms with van der Waals surface area (Å²) in [6.45, 7) is 20.9. The predicted molar refractivity (Wildman–Crippen MR) is 177 cm³/mol. The number of hydrogen-bond acceptors (Lipinski definition) is 12. The van der Waals surface area contributed by atoms with E-state index >= 15 is 0 Å². The summed E-state index contributed by atoms with van der Waals surface area (Å²) >= 11 is 0. The zero-order valence-electron chi connectivity index (χ0n) is 31.2. The van der Waals surface area contributed by atoms with Crippen LogP contribution in [0.15, 0.2) is 0 Å². The van der Waals surface area contributed by atoms with Gasteiger partial charge in [0.25, 0.3) is 0 Å². The molecular formula is C36H66O12. The van der Waals surface area contributed by atoms with Gasteiger partial charge in [0.15, 0.2) is 12.6 Å². The van der Waals surface area contributed by atoms with Gasteiger partial charge >= 0.3 is 5.97 Å². The second-order valence-corrected chi connectivity index (χ2v) is 16.6. The molecule has 12 nitrogen and oxygen atoms in total. The van der Waals surface area contributed by atoms with E-state index in [1.165, 1.54) is 6.92 Å². The van der Waals surface area contributed by atoms with Crippen LogP contribution in [0.3, 0.4) is 0 Å². The molecular weight excluding hydrogens is 624 g/mol. The molecule has 3 fully saturated rings. The number of carbonyl (C=O) groups is 1. The molecule has 6 N–H and O–H groups in total. The third kappa shape index (κ3) is 8.92. The van der Waals surface area contributed by atoms with Crippen molar-refractivity contribution in [1.29, 1.82) is 0 Å².